The van der Waals surface area contributed by atoms with Gasteiger partial charge in [0.2, 0.25) is 5.95 Å². The van der Waals surface area contributed by atoms with Crippen molar-refractivity contribution in [2.45, 2.75) is 20.4 Å². The summed E-state index contributed by atoms with van der Waals surface area (Å²) in [6.45, 7) is 4.51. The van der Waals surface area contributed by atoms with Crippen LogP contribution in [0.25, 0.3) is 0 Å². The van der Waals surface area contributed by atoms with Gasteiger partial charge in [0.05, 0.1) is 11.2 Å². The normalized spacial score (nSPS) is 10.4. The van der Waals surface area contributed by atoms with Gasteiger partial charge in [-0.25, -0.2) is 9.97 Å². The Kier molecular flexibility index (Phi) is 5.49. The number of carbonyl (C=O) groups is 1. The molecule has 132 valence electrons. The lowest BCUT2D eigenvalue weighted by Crippen LogP contribution is -2.16. The monoisotopic (exact) mass is 366 g/mol. The molecule has 0 bridgehead atoms. The molecule has 1 aromatic heterocycles. The maximum atomic E-state index is 12.6. The minimum Gasteiger partial charge on any atom is -0.350 e. The zero-order valence-corrected chi connectivity index (χ0v) is 15.3. The summed E-state index contributed by atoms with van der Waals surface area (Å²) in [6, 6.07) is 15.7. The summed E-state index contributed by atoms with van der Waals surface area (Å²) < 4.78 is 0. The first-order valence-electron chi connectivity index (χ1n) is 8.21. The first-order chi connectivity index (χ1) is 12.5. The molecule has 0 atom stereocenters. The Hall–Kier alpha value is -2.92. The zero-order valence-electron chi connectivity index (χ0n) is 14.6. The minimum atomic E-state index is -0.370. The molecule has 3 aromatic rings. The van der Waals surface area contributed by atoms with Crippen molar-refractivity contribution in [1.29, 1.82) is 0 Å². The second-order valence-electron chi connectivity index (χ2n) is 6.06. The van der Waals surface area contributed by atoms with Crippen LogP contribution in [-0.4, -0.2) is 15.9 Å². The number of carbonyl (C=O) groups excluding carboxylic acids is 1. The van der Waals surface area contributed by atoms with E-state index < -0.39 is 0 Å². The van der Waals surface area contributed by atoms with Crippen LogP contribution in [0.2, 0.25) is 5.02 Å². The highest BCUT2D eigenvalue weighted by molar-refractivity contribution is 6.34. The third-order valence-corrected chi connectivity index (χ3v) is 4.01. The predicted octanol–water partition coefficient (Wildman–Crippen LogP) is 4.61. The van der Waals surface area contributed by atoms with E-state index in [1.165, 1.54) is 6.20 Å². The van der Waals surface area contributed by atoms with Crippen molar-refractivity contribution in [3.05, 3.63) is 82.1 Å². The SMILES string of the molecule is Cc1cc(C)cc(NC(=O)c2nc(NCc3ccccc3)ncc2Cl)c1. The van der Waals surface area contributed by atoms with Gasteiger partial charge in [0.25, 0.3) is 5.91 Å². The Bertz CT molecular complexity index is 908. The molecule has 0 saturated carbocycles. The van der Waals surface area contributed by atoms with Gasteiger partial charge in [0.1, 0.15) is 0 Å². The van der Waals surface area contributed by atoms with E-state index in [2.05, 4.69) is 20.6 Å². The van der Waals surface area contributed by atoms with Crippen molar-refractivity contribution in [3.63, 3.8) is 0 Å². The van der Waals surface area contributed by atoms with Crippen molar-refractivity contribution in [2.75, 3.05) is 10.6 Å². The van der Waals surface area contributed by atoms with E-state index in [9.17, 15) is 4.79 Å². The molecular formula is C20H19ClN4O. The number of aryl methyl sites for hydroxylation is 2. The summed E-state index contributed by atoms with van der Waals surface area (Å²) in [5.41, 5.74) is 4.07. The number of hydrogen-bond acceptors (Lipinski definition) is 4. The summed E-state index contributed by atoms with van der Waals surface area (Å²) in [5.74, 6) is -0.0195. The minimum absolute atomic E-state index is 0.136. The van der Waals surface area contributed by atoms with E-state index in [4.69, 9.17) is 11.6 Å². The Morgan fingerprint density at radius 1 is 1.08 bits per heavy atom. The third kappa shape index (κ3) is 4.58. The fraction of sp³-hybridized carbons (Fsp3) is 0.150. The third-order valence-electron chi connectivity index (χ3n) is 3.73. The van der Waals surface area contributed by atoms with Crippen LogP contribution < -0.4 is 10.6 Å². The van der Waals surface area contributed by atoms with Crippen LogP contribution in [0, 0.1) is 13.8 Å². The van der Waals surface area contributed by atoms with Crippen molar-refractivity contribution < 1.29 is 4.79 Å². The lowest BCUT2D eigenvalue weighted by atomic mass is 10.1. The van der Waals surface area contributed by atoms with Crippen LogP contribution in [0.1, 0.15) is 27.2 Å². The average molecular weight is 367 g/mol. The zero-order chi connectivity index (χ0) is 18.5. The molecule has 0 radical (unpaired) electrons. The number of anilines is 2. The number of nitrogens with zero attached hydrogens (tertiary/aromatic N) is 2. The topological polar surface area (TPSA) is 66.9 Å². The highest BCUT2D eigenvalue weighted by atomic mass is 35.5. The summed E-state index contributed by atoms with van der Waals surface area (Å²) in [7, 11) is 0. The van der Waals surface area contributed by atoms with Crippen molar-refractivity contribution in [1.82, 2.24) is 9.97 Å². The Labute approximate surface area is 157 Å². The molecule has 0 fully saturated rings. The fourth-order valence-corrected chi connectivity index (χ4v) is 2.80. The van der Waals surface area contributed by atoms with Crippen LogP contribution in [0.3, 0.4) is 0 Å². The van der Waals surface area contributed by atoms with Gasteiger partial charge >= 0.3 is 0 Å². The Balaban J connectivity index is 1.75. The second kappa shape index (κ2) is 7.97. The molecule has 1 heterocycles. The lowest BCUT2D eigenvalue weighted by Gasteiger charge is -2.10. The van der Waals surface area contributed by atoms with Crippen molar-refractivity contribution in [3.8, 4) is 0 Å². The van der Waals surface area contributed by atoms with Gasteiger partial charge in [-0.15, -0.1) is 0 Å². The molecule has 2 N–H and O–H groups in total. The maximum absolute atomic E-state index is 12.6. The molecule has 2 aromatic carbocycles. The van der Waals surface area contributed by atoms with E-state index in [0.717, 1.165) is 16.7 Å². The first-order valence-corrected chi connectivity index (χ1v) is 8.59. The molecule has 5 nitrogen and oxygen atoms in total. The van der Waals surface area contributed by atoms with Crippen molar-refractivity contribution in [2.24, 2.45) is 0 Å². The molecule has 1 amide bonds. The summed E-state index contributed by atoms with van der Waals surface area (Å²) in [6.07, 6.45) is 1.43. The number of rotatable bonds is 5. The second-order valence-corrected chi connectivity index (χ2v) is 6.47. The maximum Gasteiger partial charge on any atom is 0.276 e. The van der Waals surface area contributed by atoms with E-state index >= 15 is 0 Å². The van der Waals surface area contributed by atoms with Crippen LogP contribution >= 0.6 is 11.6 Å². The van der Waals surface area contributed by atoms with Crippen molar-refractivity contribution >= 4 is 29.1 Å². The van der Waals surface area contributed by atoms with Crippen LogP contribution in [0.5, 0.6) is 0 Å². The number of aromatic nitrogens is 2. The number of halogens is 1. The molecular weight excluding hydrogens is 348 g/mol. The van der Waals surface area contributed by atoms with Crippen LogP contribution in [-0.2, 0) is 6.54 Å². The van der Waals surface area contributed by atoms with Gasteiger partial charge < -0.3 is 10.6 Å². The van der Waals surface area contributed by atoms with Gasteiger partial charge in [0, 0.05) is 12.2 Å². The van der Waals surface area contributed by atoms with E-state index in [0.29, 0.717) is 18.2 Å². The molecule has 0 saturated heterocycles. The lowest BCUT2D eigenvalue weighted by molar-refractivity contribution is 0.102. The van der Waals surface area contributed by atoms with Gasteiger partial charge in [-0.2, -0.15) is 0 Å². The van der Waals surface area contributed by atoms with E-state index in [1.54, 1.807) is 0 Å². The molecule has 6 heteroatoms. The molecule has 0 aliphatic rings. The summed E-state index contributed by atoms with van der Waals surface area (Å²) in [5, 5.41) is 6.15. The number of amides is 1. The van der Waals surface area contributed by atoms with Gasteiger partial charge in [-0.3, -0.25) is 4.79 Å². The summed E-state index contributed by atoms with van der Waals surface area (Å²) in [4.78, 5) is 21.0. The number of benzene rings is 2. The largest absolute Gasteiger partial charge is 0.350 e. The molecule has 26 heavy (non-hydrogen) atoms. The fourth-order valence-electron chi connectivity index (χ4n) is 2.63. The average Bonchev–Trinajstić information content (AvgIpc) is 2.61. The van der Waals surface area contributed by atoms with Gasteiger partial charge in [-0.1, -0.05) is 48.0 Å². The van der Waals surface area contributed by atoms with Crippen LogP contribution in [0.4, 0.5) is 11.6 Å². The van der Waals surface area contributed by atoms with E-state index in [1.807, 2.05) is 62.4 Å². The number of nitrogens with one attached hydrogen (secondary N) is 2. The quantitative estimate of drug-likeness (QED) is 0.691. The first kappa shape index (κ1) is 17.9. The van der Waals surface area contributed by atoms with Crippen LogP contribution in [0.15, 0.2) is 54.7 Å². The molecule has 0 aliphatic heterocycles. The molecule has 3 rings (SSSR count). The van der Waals surface area contributed by atoms with E-state index in [-0.39, 0.29) is 16.6 Å². The highest BCUT2D eigenvalue weighted by Gasteiger charge is 2.15. The van der Waals surface area contributed by atoms with Gasteiger partial charge in [-0.05, 0) is 42.7 Å². The molecule has 0 aliphatic carbocycles. The van der Waals surface area contributed by atoms with Gasteiger partial charge in [0.15, 0.2) is 5.69 Å². The molecule has 0 unspecified atom stereocenters. The Morgan fingerprint density at radius 3 is 2.46 bits per heavy atom. The predicted molar refractivity (Wildman–Crippen MR) is 105 cm³/mol. The number of hydrogen-bond donors (Lipinski definition) is 2. The smallest absolute Gasteiger partial charge is 0.276 e. The summed E-state index contributed by atoms with van der Waals surface area (Å²) >= 11 is 6.12. The Morgan fingerprint density at radius 2 is 1.77 bits per heavy atom. The standard InChI is InChI=1S/C20H19ClN4O/c1-13-8-14(2)10-16(9-13)24-19(26)18-17(21)12-23-20(25-18)22-11-15-6-4-3-5-7-15/h3-10,12H,11H2,1-2H3,(H,24,26)(H,22,23,25). The highest BCUT2D eigenvalue weighted by Crippen LogP contribution is 2.19. The molecule has 0 spiro atoms.